The average Bonchev–Trinajstić information content (AvgIpc) is 2.08. The van der Waals surface area contributed by atoms with E-state index in [-0.39, 0.29) is 12.3 Å². The molecule has 0 saturated carbocycles. The van der Waals surface area contributed by atoms with Gasteiger partial charge in [0.25, 0.3) is 0 Å². The Morgan fingerprint density at radius 2 is 2.12 bits per heavy atom. The molecule has 0 spiro atoms. The van der Waals surface area contributed by atoms with E-state index in [0.717, 1.165) is 5.69 Å². The Bertz CT molecular complexity index is 401. The number of aromatic nitrogens is 1. The summed E-state index contributed by atoms with van der Waals surface area (Å²) in [6.07, 6.45) is 0.248. The molecule has 0 saturated heterocycles. The van der Waals surface area contributed by atoms with Crippen molar-refractivity contribution in [1.29, 1.82) is 0 Å². The van der Waals surface area contributed by atoms with Crippen molar-refractivity contribution in [3.8, 4) is 0 Å². The number of rotatable bonds is 4. The molecule has 0 fully saturated rings. The summed E-state index contributed by atoms with van der Waals surface area (Å²) < 4.78 is 0. The number of amides is 1. The maximum atomic E-state index is 10.9. The van der Waals surface area contributed by atoms with Gasteiger partial charge in [0.15, 0.2) is 0 Å². The first-order valence-corrected chi connectivity index (χ1v) is 5.10. The highest BCUT2D eigenvalue weighted by molar-refractivity contribution is 5.75. The molecule has 1 amide bonds. The van der Waals surface area contributed by atoms with Gasteiger partial charge >= 0.3 is 0 Å². The zero-order valence-corrected chi connectivity index (χ0v) is 9.87. The molecule has 0 unspecified atom stereocenters. The minimum atomic E-state index is -0.415. The largest absolute Gasteiger partial charge is 0.397 e. The van der Waals surface area contributed by atoms with Crippen LogP contribution in [0.25, 0.3) is 0 Å². The van der Waals surface area contributed by atoms with Crippen LogP contribution >= 0.6 is 0 Å². The van der Waals surface area contributed by atoms with Crippen LogP contribution in [0.1, 0.15) is 26.0 Å². The van der Waals surface area contributed by atoms with E-state index in [9.17, 15) is 4.79 Å². The molecule has 5 heteroatoms. The molecular formula is C11H18N4O. The van der Waals surface area contributed by atoms with Gasteiger partial charge in [0, 0.05) is 12.0 Å². The Hall–Kier alpha value is -1.78. The summed E-state index contributed by atoms with van der Waals surface area (Å²) in [5.74, 6) is 0.350. The predicted molar refractivity (Wildman–Crippen MR) is 64.9 cm³/mol. The fraction of sp³-hybridized carbons (Fsp3) is 0.455. The van der Waals surface area contributed by atoms with Crippen molar-refractivity contribution in [2.24, 2.45) is 5.73 Å². The summed E-state index contributed by atoms with van der Waals surface area (Å²) in [4.78, 5) is 15.1. The molecule has 1 aromatic rings. The molecule has 0 aliphatic carbocycles. The maximum Gasteiger partial charge on any atom is 0.219 e. The summed E-state index contributed by atoms with van der Waals surface area (Å²) in [6.45, 7) is 5.62. The molecule has 0 aliphatic rings. The molecule has 0 radical (unpaired) electrons. The summed E-state index contributed by atoms with van der Waals surface area (Å²) in [6, 6.07) is 3.57. The molecule has 88 valence electrons. The molecular weight excluding hydrogens is 204 g/mol. The number of anilines is 2. The summed E-state index contributed by atoms with van der Waals surface area (Å²) in [7, 11) is 0. The van der Waals surface area contributed by atoms with Crippen LogP contribution in [0.3, 0.4) is 0 Å². The second kappa shape index (κ2) is 4.38. The molecule has 0 aliphatic heterocycles. The fourth-order valence-electron chi connectivity index (χ4n) is 1.47. The van der Waals surface area contributed by atoms with Crippen molar-refractivity contribution in [3.63, 3.8) is 0 Å². The van der Waals surface area contributed by atoms with Crippen LogP contribution in [0.5, 0.6) is 0 Å². The van der Waals surface area contributed by atoms with Crippen LogP contribution < -0.4 is 16.8 Å². The van der Waals surface area contributed by atoms with Gasteiger partial charge in [-0.05, 0) is 32.9 Å². The minimum Gasteiger partial charge on any atom is -0.397 e. The quantitative estimate of drug-likeness (QED) is 0.709. The van der Waals surface area contributed by atoms with Crippen LogP contribution in [-0.2, 0) is 4.79 Å². The molecule has 0 bridgehead atoms. The number of nitrogens with two attached hydrogens (primary N) is 2. The van der Waals surface area contributed by atoms with Gasteiger partial charge in [0.05, 0.1) is 11.4 Å². The van der Waals surface area contributed by atoms with Gasteiger partial charge < -0.3 is 16.8 Å². The van der Waals surface area contributed by atoms with E-state index >= 15 is 0 Å². The van der Waals surface area contributed by atoms with Crippen molar-refractivity contribution in [1.82, 2.24) is 4.98 Å². The molecule has 1 rings (SSSR count). The zero-order chi connectivity index (χ0) is 12.3. The third-order valence-corrected chi connectivity index (χ3v) is 2.21. The SMILES string of the molecule is Cc1nc(NC(C)(C)CC(N)=O)ccc1N. The van der Waals surface area contributed by atoms with Crippen LogP contribution in [0, 0.1) is 6.92 Å². The van der Waals surface area contributed by atoms with Crippen molar-refractivity contribution in [2.75, 3.05) is 11.1 Å². The molecule has 16 heavy (non-hydrogen) atoms. The van der Waals surface area contributed by atoms with E-state index in [0.29, 0.717) is 11.5 Å². The van der Waals surface area contributed by atoms with Gasteiger partial charge in [-0.1, -0.05) is 0 Å². The smallest absolute Gasteiger partial charge is 0.219 e. The monoisotopic (exact) mass is 222 g/mol. The van der Waals surface area contributed by atoms with E-state index in [2.05, 4.69) is 10.3 Å². The van der Waals surface area contributed by atoms with E-state index in [1.165, 1.54) is 0 Å². The van der Waals surface area contributed by atoms with Gasteiger partial charge in [-0.15, -0.1) is 0 Å². The van der Waals surface area contributed by atoms with Crippen LogP contribution in [0.15, 0.2) is 12.1 Å². The molecule has 1 aromatic heterocycles. The van der Waals surface area contributed by atoms with Crippen molar-refractivity contribution < 1.29 is 4.79 Å². The molecule has 0 atom stereocenters. The molecule has 5 nitrogen and oxygen atoms in total. The van der Waals surface area contributed by atoms with Crippen LogP contribution in [0.4, 0.5) is 11.5 Å². The Morgan fingerprint density at radius 1 is 1.50 bits per heavy atom. The number of aryl methyl sites for hydroxylation is 1. The predicted octanol–water partition coefficient (Wildman–Crippen LogP) is 1.04. The molecule has 5 N–H and O–H groups in total. The molecule has 1 heterocycles. The lowest BCUT2D eigenvalue weighted by molar-refractivity contribution is -0.118. The van der Waals surface area contributed by atoms with Crippen LogP contribution in [0.2, 0.25) is 0 Å². The summed E-state index contributed by atoms with van der Waals surface area (Å²) in [5, 5.41) is 3.15. The highest BCUT2D eigenvalue weighted by Crippen LogP contribution is 2.18. The third kappa shape index (κ3) is 3.42. The first kappa shape index (κ1) is 12.3. The Morgan fingerprint density at radius 3 is 2.62 bits per heavy atom. The normalized spacial score (nSPS) is 11.2. The average molecular weight is 222 g/mol. The van der Waals surface area contributed by atoms with Crippen molar-refractivity contribution >= 4 is 17.4 Å². The summed E-state index contributed by atoms with van der Waals surface area (Å²) >= 11 is 0. The van der Waals surface area contributed by atoms with E-state index < -0.39 is 5.54 Å². The Balaban J connectivity index is 2.79. The van der Waals surface area contributed by atoms with E-state index in [1.54, 1.807) is 12.1 Å². The summed E-state index contributed by atoms with van der Waals surface area (Å²) in [5.41, 5.74) is 11.8. The number of primary amides is 1. The third-order valence-electron chi connectivity index (χ3n) is 2.21. The Labute approximate surface area is 95.2 Å². The number of carbonyl (C=O) groups is 1. The van der Waals surface area contributed by atoms with Gasteiger partial charge in [0.2, 0.25) is 5.91 Å². The topological polar surface area (TPSA) is 94.0 Å². The van der Waals surface area contributed by atoms with Crippen molar-refractivity contribution in [2.45, 2.75) is 32.7 Å². The van der Waals surface area contributed by atoms with Crippen LogP contribution in [-0.4, -0.2) is 16.4 Å². The van der Waals surface area contributed by atoms with E-state index in [4.69, 9.17) is 11.5 Å². The second-order valence-corrected chi connectivity index (χ2v) is 4.52. The number of pyridine rings is 1. The van der Waals surface area contributed by atoms with Gasteiger partial charge in [0.1, 0.15) is 5.82 Å². The van der Waals surface area contributed by atoms with Gasteiger partial charge in [-0.3, -0.25) is 4.79 Å². The standard InChI is InChI=1S/C11H18N4O/c1-7-8(12)4-5-10(14-7)15-11(2,3)6-9(13)16/h4-5H,6,12H2,1-3H3,(H2,13,16)(H,14,15). The highest BCUT2D eigenvalue weighted by Gasteiger charge is 2.20. The van der Waals surface area contributed by atoms with Gasteiger partial charge in [-0.25, -0.2) is 4.98 Å². The number of carbonyl (C=O) groups excluding carboxylic acids is 1. The maximum absolute atomic E-state index is 10.9. The van der Waals surface area contributed by atoms with E-state index in [1.807, 2.05) is 20.8 Å². The fourth-order valence-corrected chi connectivity index (χ4v) is 1.47. The lowest BCUT2D eigenvalue weighted by Crippen LogP contribution is -2.36. The number of hydrogen-bond acceptors (Lipinski definition) is 4. The zero-order valence-electron chi connectivity index (χ0n) is 9.87. The number of nitrogens with one attached hydrogen (secondary N) is 1. The minimum absolute atomic E-state index is 0.248. The first-order chi connectivity index (χ1) is 7.30. The highest BCUT2D eigenvalue weighted by atomic mass is 16.1. The first-order valence-electron chi connectivity index (χ1n) is 5.10. The molecule has 0 aromatic carbocycles. The second-order valence-electron chi connectivity index (χ2n) is 4.52. The Kier molecular flexibility index (Phi) is 3.37. The van der Waals surface area contributed by atoms with Crippen molar-refractivity contribution in [3.05, 3.63) is 17.8 Å². The lowest BCUT2D eigenvalue weighted by atomic mass is 10.0. The lowest BCUT2D eigenvalue weighted by Gasteiger charge is -2.25. The van der Waals surface area contributed by atoms with Gasteiger partial charge in [-0.2, -0.15) is 0 Å². The number of nitrogens with zero attached hydrogens (tertiary/aromatic N) is 1. The number of hydrogen-bond donors (Lipinski definition) is 3. The number of nitrogen functional groups attached to an aromatic ring is 1.